The molecular formula is C17H23OSSi. The van der Waals surface area contributed by atoms with Crippen molar-refractivity contribution in [2.45, 2.75) is 51.6 Å². The zero-order chi connectivity index (χ0) is 15.1. The van der Waals surface area contributed by atoms with E-state index in [1.54, 1.807) is 0 Å². The molecule has 0 aliphatic heterocycles. The van der Waals surface area contributed by atoms with Crippen molar-refractivity contribution in [1.82, 2.24) is 0 Å². The monoisotopic (exact) mass is 303 g/mol. The Morgan fingerprint density at radius 2 is 1.65 bits per heavy atom. The van der Waals surface area contributed by atoms with E-state index in [0.717, 1.165) is 16.5 Å². The van der Waals surface area contributed by atoms with Crippen LogP contribution >= 0.6 is 11.3 Å². The summed E-state index contributed by atoms with van der Waals surface area (Å²) in [4.78, 5) is 11.2. The lowest BCUT2D eigenvalue weighted by molar-refractivity contribution is 0.112. The van der Waals surface area contributed by atoms with E-state index < -0.39 is 8.80 Å². The topological polar surface area (TPSA) is 17.1 Å². The highest BCUT2D eigenvalue weighted by atomic mass is 32.1. The second kappa shape index (κ2) is 5.12. The average molecular weight is 304 g/mol. The van der Waals surface area contributed by atoms with Crippen LogP contribution in [0.1, 0.15) is 51.9 Å². The largest absolute Gasteiger partial charge is 0.298 e. The number of rotatable bonds is 2. The second-order valence-corrected chi connectivity index (χ2v) is 13.1. The predicted octanol–water partition coefficient (Wildman–Crippen LogP) is 5.02. The molecule has 0 aliphatic carbocycles. The SMILES string of the molecule is CC(C)(C)[Si](c1cc2cccc(C=O)c2s1)C(C)(C)C. The number of fused-ring (bicyclic) bond motifs is 1. The number of benzene rings is 1. The molecule has 0 saturated carbocycles. The maximum atomic E-state index is 11.2. The molecule has 0 saturated heterocycles. The average Bonchev–Trinajstić information content (AvgIpc) is 2.66. The zero-order valence-corrected chi connectivity index (χ0v) is 15.0. The van der Waals surface area contributed by atoms with Crippen molar-refractivity contribution in [1.29, 1.82) is 0 Å². The molecule has 1 aromatic heterocycles. The lowest BCUT2D eigenvalue weighted by Crippen LogP contribution is -2.44. The van der Waals surface area contributed by atoms with Crippen LogP contribution in [0.25, 0.3) is 10.1 Å². The van der Waals surface area contributed by atoms with Gasteiger partial charge in [-0.25, -0.2) is 0 Å². The maximum Gasteiger partial charge on any atom is 0.151 e. The van der Waals surface area contributed by atoms with Gasteiger partial charge in [-0.1, -0.05) is 59.7 Å². The highest BCUT2D eigenvalue weighted by Gasteiger charge is 2.39. The van der Waals surface area contributed by atoms with Crippen LogP contribution in [0.2, 0.25) is 10.1 Å². The van der Waals surface area contributed by atoms with Crippen molar-refractivity contribution >= 4 is 41.0 Å². The number of hydrogen-bond donors (Lipinski definition) is 0. The van der Waals surface area contributed by atoms with Crippen molar-refractivity contribution in [2.24, 2.45) is 0 Å². The highest BCUT2D eigenvalue weighted by molar-refractivity contribution is 7.29. The van der Waals surface area contributed by atoms with Crippen molar-refractivity contribution in [3.63, 3.8) is 0 Å². The molecule has 1 radical (unpaired) electrons. The summed E-state index contributed by atoms with van der Waals surface area (Å²) in [6, 6.07) is 8.32. The van der Waals surface area contributed by atoms with Crippen LogP contribution in [0, 0.1) is 0 Å². The van der Waals surface area contributed by atoms with Gasteiger partial charge in [-0.2, -0.15) is 0 Å². The summed E-state index contributed by atoms with van der Waals surface area (Å²) in [6.45, 7) is 14.1. The van der Waals surface area contributed by atoms with Crippen LogP contribution in [0.5, 0.6) is 0 Å². The van der Waals surface area contributed by atoms with E-state index in [1.165, 1.54) is 9.89 Å². The standard InChI is InChI=1S/C17H23OSSi/c1-16(2,3)20(17(4,5)6)14-10-12-8-7-9-13(11-18)15(12)19-14/h7-11H,1-6H3. The number of aldehydes is 1. The Hall–Kier alpha value is -0.933. The fourth-order valence-electron chi connectivity index (χ4n) is 3.17. The third-order valence-electron chi connectivity index (χ3n) is 3.45. The van der Waals surface area contributed by atoms with Crippen LogP contribution in [0.15, 0.2) is 24.3 Å². The molecule has 1 nitrogen and oxygen atoms in total. The summed E-state index contributed by atoms with van der Waals surface area (Å²) < 4.78 is 2.63. The van der Waals surface area contributed by atoms with Gasteiger partial charge >= 0.3 is 0 Å². The van der Waals surface area contributed by atoms with Gasteiger partial charge in [-0.3, -0.25) is 4.79 Å². The highest BCUT2D eigenvalue weighted by Crippen LogP contribution is 2.43. The van der Waals surface area contributed by atoms with Gasteiger partial charge in [-0.05, 0) is 26.0 Å². The van der Waals surface area contributed by atoms with Gasteiger partial charge in [0.2, 0.25) is 0 Å². The molecule has 20 heavy (non-hydrogen) atoms. The second-order valence-electron chi connectivity index (χ2n) is 7.37. The minimum absolute atomic E-state index is 0.297. The Balaban J connectivity index is 2.64. The van der Waals surface area contributed by atoms with Gasteiger partial charge in [0, 0.05) is 10.3 Å². The first-order valence-electron chi connectivity index (χ1n) is 7.00. The van der Waals surface area contributed by atoms with Crippen molar-refractivity contribution in [3.8, 4) is 0 Å². The molecule has 2 rings (SSSR count). The first-order valence-corrected chi connectivity index (χ1v) is 9.32. The molecule has 3 heteroatoms. The lowest BCUT2D eigenvalue weighted by atomic mass is 10.2. The maximum absolute atomic E-state index is 11.2. The number of carbonyl (C=O) groups is 1. The Kier molecular flexibility index (Phi) is 3.95. The van der Waals surface area contributed by atoms with Gasteiger partial charge in [0.1, 0.15) is 8.80 Å². The summed E-state index contributed by atoms with van der Waals surface area (Å²) >= 11 is 1.82. The van der Waals surface area contributed by atoms with Gasteiger partial charge in [0.05, 0.1) is 0 Å². The van der Waals surface area contributed by atoms with Crippen LogP contribution in [-0.2, 0) is 0 Å². The van der Waals surface area contributed by atoms with Crippen LogP contribution in [0.3, 0.4) is 0 Å². The third kappa shape index (κ3) is 2.89. The fourth-order valence-corrected chi connectivity index (χ4v) is 10.6. The van der Waals surface area contributed by atoms with Gasteiger partial charge in [0.15, 0.2) is 6.29 Å². The van der Waals surface area contributed by atoms with Crippen molar-refractivity contribution in [2.75, 3.05) is 0 Å². The normalized spacial score (nSPS) is 13.2. The van der Waals surface area contributed by atoms with Crippen LogP contribution < -0.4 is 4.50 Å². The molecule has 0 fully saturated rings. The van der Waals surface area contributed by atoms with E-state index in [2.05, 4.69) is 53.7 Å². The Labute approximate surface area is 127 Å². The first-order chi connectivity index (χ1) is 9.14. The summed E-state index contributed by atoms with van der Waals surface area (Å²) in [5.41, 5.74) is 0.822. The summed E-state index contributed by atoms with van der Waals surface area (Å²) in [7, 11) is -0.736. The Morgan fingerprint density at radius 1 is 1.05 bits per heavy atom. The molecule has 1 aromatic carbocycles. The molecule has 0 bridgehead atoms. The van der Waals surface area contributed by atoms with Gasteiger partial charge in [-0.15, -0.1) is 11.3 Å². The molecule has 107 valence electrons. The predicted molar refractivity (Wildman–Crippen MR) is 92.0 cm³/mol. The van der Waals surface area contributed by atoms with E-state index >= 15 is 0 Å². The number of thiophene rings is 1. The molecule has 0 N–H and O–H groups in total. The Bertz CT molecular complexity index is 614. The minimum atomic E-state index is -0.736. The van der Waals surface area contributed by atoms with E-state index in [1.807, 2.05) is 23.5 Å². The minimum Gasteiger partial charge on any atom is -0.298 e. The third-order valence-corrected chi connectivity index (χ3v) is 9.02. The first kappa shape index (κ1) is 15.5. The molecule has 0 amide bonds. The molecule has 2 aromatic rings. The van der Waals surface area contributed by atoms with Crippen molar-refractivity contribution in [3.05, 3.63) is 29.8 Å². The summed E-state index contributed by atoms with van der Waals surface area (Å²) in [6.07, 6.45) is 0.975. The van der Waals surface area contributed by atoms with Gasteiger partial charge < -0.3 is 0 Å². The molecule has 1 heterocycles. The van der Waals surface area contributed by atoms with E-state index in [9.17, 15) is 4.79 Å². The molecular weight excluding hydrogens is 280 g/mol. The van der Waals surface area contributed by atoms with E-state index in [4.69, 9.17) is 0 Å². The number of hydrogen-bond acceptors (Lipinski definition) is 2. The number of carbonyl (C=O) groups excluding carboxylic acids is 1. The molecule has 0 spiro atoms. The van der Waals surface area contributed by atoms with Crippen molar-refractivity contribution < 1.29 is 4.79 Å². The fraction of sp³-hybridized carbons (Fsp3) is 0.471. The van der Waals surface area contributed by atoms with Crippen LogP contribution in [0.4, 0.5) is 0 Å². The molecule has 0 atom stereocenters. The summed E-state index contributed by atoms with van der Waals surface area (Å²) in [5, 5.41) is 1.81. The van der Waals surface area contributed by atoms with Gasteiger partial charge in [0.25, 0.3) is 0 Å². The Morgan fingerprint density at radius 3 is 2.15 bits per heavy atom. The van der Waals surface area contributed by atoms with E-state index in [0.29, 0.717) is 10.1 Å². The molecule has 0 aliphatic rings. The van der Waals surface area contributed by atoms with Crippen LogP contribution in [-0.4, -0.2) is 15.1 Å². The zero-order valence-electron chi connectivity index (χ0n) is 13.2. The quantitative estimate of drug-likeness (QED) is 0.562. The smallest absolute Gasteiger partial charge is 0.151 e. The van der Waals surface area contributed by atoms with E-state index in [-0.39, 0.29) is 0 Å². The molecule has 0 unspecified atom stereocenters. The lowest BCUT2D eigenvalue weighted by Gasteiger charge is -2.38. The summed E-state index contributed by atoms with van der Waals surface area (Å²) in [5.74, 6) is 0.